The molecule has 0 aliphatic rings. The van der Waals surface area contributed by atoms with E-state index in [1.807, 2.05) is 33.9 Å². The van der Waals surface area contributed by atoms with Crippen molar-refractivity contribution in [3.05, 3.63) is 30.2 Å². The smallest absolute Gasteiger partial charge is 0.148 e. The van der Waals surface area contributed by atoms with Crippen LogP contribution in [0, 0.1) is 0 Å². The van der Waals surface area contributed by atoms with E-state index >= 15 is 0 Å². The summed E-state index contributed by atoms with van der Waals surface area (Å²) in [6.45, 7) is 9.35. The molecule has 1 atom stereocenters. The van der Waals surface area contributed by atoms with Crippen molar-refractivity contribution >= 4 is 5.82 Å². The highest BCUT2D eigenvalue weighted by Gasteiger charge is 2.07. The highest BCUT2D eigenvalue weighted by atomic mass is 15.3. The van der Waals surface area contributed by atoms with Crippen LogP contribution in [0.25, 0.3) is 0 Å². The van der Waals surface area contributed by atoms with Gasteiger partial charge in [-0.05, 0) is 33.3 Å². The van der Waals surface area contributed by atoms with Gasteiger partial charge in [-0.15, -0.1) is 0 Å². The maximum atomic E-state index is 4.53. The predicted molar refractivity (Wildman–Crippen MR) is 77.2 cm³/mol. The molecule has 1 N–H and O–H groups in total. The van der Waals surface area contributed by atoms with Crippen molar-refractivity contribution in [1.29, 1.82) is 0 Å². The molecule has 0 aliphatic heterocycles. The van der Waals surface area contributed by atoms with Gasteiger partial charge < -0.3 is 5.32 Å². The monoisotopic (exact) mass is 261 g/mol. The fraction of sp³-hybridized carbons (Fsp3) is 0.571. The molecule has 0 saturated carbocycles. The van der Waals surface area contributed by atoms with Gasteiger partial charge in [0.15, 0.2) is 0 Å². The van der Waals surface area contributed by atoms with Crippen LogP contribution in [0.5, 0.6) is 0 Å². The van der Waals surface area contributed by atoms with E-state index in [0.717, 1.165) is 18.8 Å². The van der Waals surface area contributed by atoms with Gasteiger partial charge in [-0.2, -0.15) is 10.2 Å². The first-order chi connectivity index (χ1) is 9.11. The lowest BCUT2D eigenvalue weighted by atomic mass is 10.3. The van der Waals surface area contributed by atoms with E-state index in [9.17, 15) is 0 Å². The first kappa shape index (κ1) is 13.6. The van der Waals surface area contributed by atoms with E-state index in [2.05, 4.69) is 43.2 Å². The zero-order valence-electron chi connectivity index (χ0n) is 12.2. The molecule has 0 radical (unpaired) electrons. The zero-order chi connectivity index (χ0) is 13.8. The predicted octanol–water partition coefficient (Wildman–Crippen LogP) is 3.24. The molecule has 0 fully saturated rings. The fourth-order valence-electron chi connectivity index (χ4n) is 1.99. The standard InChI is InChI=1S/C14H23N5/c1-5-12(4)18-9-7-14(17-18)15-10-13-6-8-16-19(13)11(2)3/h6-9,11-12H,5,10H2,1-4H3,(H,15,17)/t12-/m0/s1. The Labute approximate surface area is 114 Å². The number of anilines is 1. The zero-order valence-corrected chi connectivity index (χ0v) is 12.2. The molecule has 104 valence electrons. The van der Waals surface area contributed by atoms with Gasteiger partial charge in [0.2, 0.25) is 0 Å². The quantitative estimate of drug-likeness (QED) is 0.868. The van der Waals surface area contributed by atoms with Crippen LogP contribution in [0.1, 0.15) is 51.9 Å². The van der Waals surface area contributed by atoms with E-state index in [1.165, 1.54) is 5.69 Å². The van der Waals surface area contributed by atoms with Gasteiger partial charge in [0, 0.05) is 30.5 Å². The minimum Gasteiger partial charge on any atom is -0.363 e. The molecule has 0 saturated heterocycles. The molecule has 2 rings (SSSR count). The minimum atomic E-state index is 0.379. The van der Waals surface area contributed by atoms with Crippen molar-refractivity contribution in [2.45, 2.75) is 52.7 Å². The van der Waals surface area contributed by atoms with Crippen LogP contribution in [0.3, 0.4) is 0 Å². The van der Waals surface area contributed by atoms with E-state index in [0.29, 0.717) is 12.1 Å². The second-order valence-corrected chi connectivity index (χ2v) is 5.15. The van der Waals surface area contributed by atoms with Gasteiger partial charge >= 0.3 is 0 Å². The Kier molecular flexibility index (Phi) is 4.24. The van der Waals surface area contributed by atoms with Crippen LogP contribution in [-0.2, 0) is 6.54 Å². The number of hydrogen-bond donors (Lipinski definition) is 1. The number of nitrogens with one attached hydrogen (secondary N) is 1. The Morgan fingerprint density at radius 1 is 1.26 bits per heavy atom. The molecule has 5 nitrogen and oxygen atoms in total. The van der Waals surface area contributed by atoms with Crippen LogP contribution in [0.2, 0.25) is 0 Å². The van der Waals surface area contributed by atoms with E-state index < -0.39 is 0 Å². The lowest BCUT2D eigenvalue weighted by Crippen LogP contribution is -2.11. The minimum absolute atomic E-state index is 0.379. The summed E-state index contributed by atoms with van der Waals surface area (Å²) in [5.41, 5.74) is 1.17. The number of aromatic nitrogens is 4. The van der Waals surface area contributed by atoms with E-state index in [4.69, 9.17) is 0 Å². The molecule has 2 heterocycles. The molecule has 0 amide bonds. The normalized spacial score (nSPS) is 12.9. The maximum Gasteiger partial charge on any atom is 0.148 e. The molecule has 0 bridgehead atoms. The third-order valence-corrected chi connectivity index (χ3v) is 3.34. The maximum absolute atomic E-state index is 4.53. The van der Waals surface area contributed by atoms with Crippen LogP contribution in [0.4, 0.5) is 5.82 Å². The molecule has 0 unspecified atom stereocenters. The molecule has 19 heavy (non-hydrogen) atoms. The van der Waals surface area contributed by atoms with Gasteiger partial charge in [-0.25, -0.2) is 0 Å². The molecule has 0 aromatic carbocycles. The van der Waals surface area contributed by atoms with Crippen molar-refractivity contribution in [2.75, 3.05) is 5.32 Å². The molecule has 2 aromatic rings. The van der Waals surface area contributed by atoms with Crippen LogP contribution in [-0.4, -0.2) is 19.6 Å². The number of rotatable bonds is 6. The first-order valence-corrected chi connectivity index (χ1v) is 6.93. The van der Waals surface area contributed by atoms with Gasteiger partial charge in [0.05, 0.1) is 12.2 Å². The van der Waals surface area contributed by atoms with Gasteiger partial charge in [0.1, 0.15) is 5.82 Å². The summed E-state index contributed by atoms with van der Waals surface area (Å²) in [6.07, 6.45) is 4.95. The lowest BCUT2D eigenvalue weighted by Gasteiger charge is -2.11. The van der Waals surface area contributed by atoms with Crippen molar-refractivity contribution in [3.63, 3.8) is 0 Å². The average Bonchev–Trinajstić information content (AvgIpc) is 3.04. The largest absolute Gasteiger partial charge is 0.363 e. The van der Waals surface area contributed by atoms with Gasteiger partial charge in [-0.3, -0.25) is 9.36 Å². The summed E-state index contributed by atoms with van der Waals surface area (Å²) in [4.78, 5) is 0. The highest BCUT2D eigenvalue weighted by Crippen LogP contribution is 2.13. The lowest BCUT2D eigenvalue weighted by molar-refractivity contribution is 0.478. The summed E-state index contributed by atoms with van der Waals surface area (Å²) in [7, 11) is 0. The molecule has 2 aromatic heterocycles. The van der Waals surface area contributed by atoms with Crippen LogP contribution >= 0.6 is 0 Å². The van der Waals surface area contributed by atoms with E-state index in [-0.39, 0.29) is 0 Å². The van der Waals surface area contributed by atoms with Crippen molar-refractivity contribution in [3.8, 4) is 0 Å². The Hall–Kier alpha value is -1.78. The molecule has 0 aliphatic carbocycles. The Morgan fingerprint density at radius 3 is 2.74 bits per heavy atom. The summed E-state index contributed by atoms with van der Waals surface area (Å²) < 4.78 is 4.03. The third-order valence-electron chi connectivity index (χ3n) is 3.34. The Morgan fingerprint density at radius 2 is 2.05 bits per heavy atom. The van der Waals surface area contributed by atoms with E-state index in [1.54, 1.807) is 0 Å². The SMILES string of the molecule is CC[C@H](C)n1ccc(NCc2ccnn2C(C)C)n1. The first-order valence-electron chi connectivity index (χ1n) is 6.93. The summed E-state index contributed by atoms with van der Waals surface area (Å²) >= 11 is 0. The topological polar surface area (TPSA) is 47.7 Å². The van der Waals surface area contributed by atoms with Crippen LogP contribution in [0.15, 0.2) is 24.5 Å². The molecular formula is C14H23N5. The second-order valence-electron chi connectivity index (χ2n) is 5.15. The Balaban J connectivity index is 1.98. The third kappa shape index (κ3) is 3.16. The number of nitrogens with zero attached hydrogens (tertiary/aromatic N) is 4. The molecule has 5 heteroatoms. The van der Waals surface area contributed by atoms with Gasteiger partial charge in [-0.1, -0.05) is 6.92 Å². The number of hydrogen-bond acceptors (Lipinski definition) is 3. The summed E-state index contributed by atoms with van der Waals surface area (Å²) in [5.74, 6) is 0.914. The van der Waals surface area contributed by atoms with Crippen molar-refractivity contribution in [2.24, 2.45) is 0 Å². The molecular weight excluding hydrogens is 238 g/mol. The Bertz CT molecular complexity index is 511. The average molecular weight is 261 g/mol. The second kappa shape index (κ2) is 5.91. The fourth-order valence-corrected chi connectivity index (χ4v) is 1.99. The van der Waals surface area contributed by atoms with Crippen molar-refractivity contribution in [1.82, 2.24) is 19.6 Å². The van der Waals surface area contributed by atoms with Crippen molar-refractivity contribution < 1.29 is 0 Å². The van der Waals surface area contributed by atoms with Crippen LogP contribution < -0.4 is 5.32 Å². The summed E-state index contributed by atoms with van der Waals surface area (Å²) in [6, 6.07) is 4.88. The summed E-state index contributed by atoms with van der Waals surface area (Å²) in [5, 5.41) is 12.2. The highest BCUT2D eigenvalue weighted by molar-refractivity contribution is 5.33. The molecule has 0 spiro atoms. The van der Waals surface area contributed by atoms with Gasteiger partial charge in [0.25, 0.3) is 0 Å².